The second-order valence-electron chi connectivity index (χ2n) is 3.11. The first-order chi connectivity index (χ1) is 6.06. The third-order valence-electron chi connectivity index (χ3n) is 1.80. The molecule has 6 heteroatoms. The van der Waals surface area contributed by atoms with E-state index in [9.17, 15) is 13.0 Å². The summed E-state index contributed by atoms with van der Waals surface area (Å²) >= 11 is 4.08. The Bertz CT molecular complexity index is 205. The molecule has 80 valence electrons. The molecule has 0 spiro atoms. The minimum Gasteiger partial charge on any atom is -0.748 e. The molecule has 0 aliphatic heterocycles. The summed E-state index contributed by atoms with van der Waals surface area (Å²) in [7, 11) is -3.98. The number of hydrogen-bond donors (Lipinski definition) is 1. The Labute approximate surface area is 114 Å². The van der Waals surface area contributed by atoms with Crippen LogP contribution in [0.15, 0.2) is 0 Å². The van der Waals surface area contributed by atoms with Crippen LogP contribution in [0.1, 0.15) is 38.5 Å². The summed E-state index contributed by atoms with van der Waals surface area (Å²) in [5.41, 5.74) is 0. The first-order valence-corrected chi connectivity index (χ1v) is 6.81. The summed E-state index contributed by atoms with van der Waals surface area (Å²) in [4.78, 5) is 0. The third kappa shape index (κ3) is 15.7. The van der Waals surface area contributed by atoms with Gasteiger partial charge in [-0.15, -0.1) is 0 Å². The van der Waals surface area contributed by atoms with E-state index in [0.717, 1.165) is 37.9 Å². The topological polar surface area (TPSA) is 57.2 Å². The monoisotopic (exact) mass is 248 g/mol. The molecule has 0 aliphatic carbocycles. The van der Waals surface area contributed by atoms with Crippen molar-refractivity contribution < 1.29 is 42.5 Å². The van der Waals surface area contributed by atoms with E-state index in [1.165, 1.54) is 0 Å². The molecule has 0 aromatic heterocycles. The van der Waals surface area contributed by atoms with Gasteiger partial charge in [0.05, 0.1) is 10.1 Å². The van der Waals surface area contributed by atoms with Gasteiger partial charge in [-0.3, -0.25) is 0 Å². The maximum absolute atomic E-state index is 10.2. The quantitative estimate of drug-likeness (QED) is 0.254. The zero-order valence-corrected chi connectivity index (χ0v) is 12.4. The Morgan fingerprint density at radius 2 is 1.36 bits per heavy atom. The summed E-state index contributed by atoms with van der Waals surface area (Å²) in [6.45, 7) is 0. The van der Waals surface area contributed by atoms with E-state index in [0.29, 0.717) is 6.42 Å². The van der Waals surface area contributed by atoms with Gasteiger partial charge in [0.15, 0.2) is 0 Å². The molecule has 14 heavy (non-hydrogen) atoms. The van der Waals surface area contributed by atoms with E-state index in [1.807, 2.05) is 0 Å². The molecule has 0 aromatic carbocycles. The largest absolute Gasteiger partial charge is 1.00 e. The summed E-state index contributed by atoms with van der Waals surface area (Å²) in [5, 5.41) is 0. The van der Waals surface area contributed by atoms with Crippen LogP contribution in [0.2, 0.25) is 0 Å². The van der Waals surface area contributed by atoms with Crippen molar-refractivity contribution in [2.24, 2.45) is 0 Å². The molecule has 0 aliphatic rings. The van der Waals surface area contributed by atoms with Gasteiger partial charge in [0.2, 0.25) is 0 Å². The molecule has 0 saturated heterocycles. The molecule has 0 bridgehead atoms. The molecule has 0 amide bonds. The van der Waals surface area contributed by atoms with Crippen LogP contribution in [-0.2, 0) is 10.1 Å². The fourth-order valence-corrected chi connectivity index (χ4v) is 1.88. The molecule has 0 unspecified atom stereocenters. The van der Waals surface area contributed by atoms with Crippen molar-refractivity contribution in [1.82, 2.24) is 0 Å². The third-order valence-corrected chi connectivity index (χ3v) is 2.91. The van der Waals surface area contributed by atoms with E-state index >= 15 is 0 Å². The Kier molecular flexibility index (Phi) is 13.6. The summed E-state index contributed by atoms with van der Waals surface area (Å²) in [5.74, 6) is 0.703. The Balaban J connectivity index is 0. The van der Waals surface area contributed by atoms with Crippen molar-refractivity contribution in [3.05, 3.63) is 0 Å². The number of unbranched alkanes of at least 4 members (excludes halogenated alkanes) is 5. The van der Waals surface area contributed by atoms with Gasteiger partial charge in [-0.2, -0.15) is 12.6 Å². The minimum atomic E-state index is -3.98. The minimum absolute atomic E-state index is 0. The molecule has 0 radical (unpaired) electrons. The number of hydrogen-bond acceptors (Lipinski definition) is 4. The summed E-state index contributed by atoms with van der Waals surface area (Å²) < 4.78 is 30.6. The Morgan fingerprint density at radius 3 is 1.79 bits per heavy atom. The fourth-order valence-electron chi connectivity index (χ4n) is 1.10. The van der Waals surface area contributed by atoms with Gasteiger partial charge in [-0.25, -0.2) is 8.42 Å². The van der Waals surface area contributed by atoms with Crippen molar-refractivity contribution >= 4 is 22.7 Å². The Hall–Kier alpha value is 1.26. The van der Waals surface area contributed by atoms with Crippen molar-refractivity contribution in [3.8, 4) is 0 Å². The van der Waals surface area contributed by atoms with Gasteiger partial charge in [-0.05, 0) is 18.6 Å². The zero-order chi connectivity index (χ0) is 10.2. The molecular formula is C8H17NaO3S2. The normalized spacial score (nSPS) is 11.0. The summed E-state index contributed by atoms with van der Waals surface area (Å²) in [6, 6.07) is 0. The van der Waals surface area contributed by atoms with Gasteiger partial charge >= 0.3 is 29.6 Å². The average molecular weight is 248 g/mol. The number of thiol groups is 1. The van der Waals surface area contributed by atoms with Gasteiger partial charge in [0.25, 0.3) is 0 Å². The fraction of sp³-hybridized carbons (Fsp3) is 1.00. The first-order valence-electron chi connectivity index (χ1n) is 4.60. The second kappa shape index (κ2) is 10.8. The average Bonchev–Trinajstić information content (AvgIpc) is 2.01. The van der Waals surface area contributed by atoms with Gasteiger partial charge < -0.3 is 4.55 Å². The summed E-state index contributed by atoms with van der Waals surface area (Å²) in [6.07, 6.45) is 5.74. The molecule has 0 fully saturated rings. The Morgan fingerprint density at radius 1 is 0.929 bits per heavy atom. The molecule has 0 saturated carbocycles. The van der Waals surface area contributed by atoms with E-state index in [4.69, 9.17) is 0 Å². The predicted octanol–water partition coefficient (Wildman–Crippen LogP) is -1.19. The molecule has 0 N–H and O–H groups in total. The zero-order valence-electron chi connectivity index (χ0n) is 8.74. The van der Waals surface area contributed by atoms with Crippen LogP contribution in [0.4, 0.5) is 0 Å². The molecule has 0 rings (SSSR count). The van der Waals surface area contributed by atoms with Crippen molar-refractivity contribution in [1.29, 1.82) is 0 Å². The second-order valence-corrected chi connectivity index (χ2v) is 5.08. The van der Waals surface area contributed by atoms with Crippen molar-refractivity contribution in [2.75, 3.05) is 11.5 Å². The van der Waals surface area contributed by atoms with Crippen LogP contribution < -0.4 is 29.6 Å². The van der Waals surface area contributed by atoms with Gasteiger partial charge in [-0.1, -0.05) is 25.7 Å². The SMILES string of the molecule is O=S(=O)([O-])CCCCCCCCS.[Na+]. The first kappa shape index (κ1) is 17.6. The van der Waals surface area contributed by atoms with Crippen LogP contribution in [-0.4, -0.2) is 24.5 Å². The van der Waals surface area contributed by atoms with Crippen LogP contribution in [0.25, 0.3) is 0 Å². The maximum Gasteiger partial charge on any atom is 1.00 e. The van der Waals surface area contributed by atoms with Crippen LogP contribution in [0.5, 0.6) is 0 Å². The maximum atomic E-state index is 10.2. The standard InChI is InChI=1S/C8H18O3S2.Na/c9-13(10,11)8-6-4-2-1-3-5-7-12;/h12H,1-8H2,(H,9,10,11);/q;+1/p-1. The number of rotatable bonds is 8. The molecule has 0 atom stereocenters. The van der Waals surface area contributed by atoms with Crippen molar-refractivity contribution in [3.63, 3.8) is 0 Å². The smallest absolute Gasteiger partial charge is 0.748 e. The molecule has 3 nitrogen and oxygen atoms in total. The van der Waals surface area contributed by atoms with Crippen LogP contribution >= 0.6 is 12.6 Å². The molecular weight excluding hydrogens is 231 g/mol. The van der Waals surface area contributed by atoms with E-state index < -0.39 is 10.1 Å². The van der Waals surface area contributed by atoms with Crippen molar-refractivity contribution in [2.45, 2.75) is 38.5 Å². The molecule has 0 aromatic rings. The predicted molar refractivity (Wildman–Crippen MR) is 56.1 cm³/mol. The van der Waals surface area contributed by atoms with Gasteiger partial charge in [0, 0.05) is 5.75 Å². The van der Waals surface area contributed by atoms with E-state index in [1.54, 1.807) is 0 Å². The van der Waals surface area contributed by atoms with E-state index in [-0.39, 0.29) is 35.3 Å². The van der Waals surface area contributed by atoms with E-state index in [2.05, 4.69) is 12.6 Å². The van der Waals surface area contributed by atoms with Gasteiger partial charge in [0.1, 0.15) is 0 Å². The van der Waals surface area contributed by atoms with Crippen LogP contribution in [0, 0.1) is 0 Å². The van der Waals surface area contributed by atoms with Crippen LogP contribution in [0.3, 0.4) is 0 Å². The molecule has 0 heterocycles.